The number of aliphatic imine (C=N–C) groups is 1. The van der Waals surface area contributed by atoms with Crippen molar-refractivity contribution in [3.63, 3.8) is 0 Å². The van der Waals surface area contributed by atoms with E-state index in [9.17, 15) is 48.3 Å². The number of aliphatic carboxylic acids is 1. The van der Waals surface area contributed by atoms with Crippen LogP contribution in [-0.2, 0) is 49.6 Å². The third-order valence-corrected chi connectivity index (χ3v) is 10.3. The lowest BCUT2D eigenvalue weighted by molar-refractivity contribution is -0.143. The molecule has 0 saturated carbocycles. The molecule has 1 rings (SSSR count). The minimum absolute atomic E-state index is 0.00350. The number of carbonyl (C=O) groups is 9. The van der Waals surface area contributed by atoms with E-state index >= 15 is 0 Å². The van der Waals surface area contributed by atoms with Crippen molar-refractivity contribution in [2.45, 2.75) is 128 Å². The Labute approximate surface area is 390 Å². The highest BCUT2D eigenvalue weighted by molar-refractivity contribution is 7.80. The zero-order valence-corrected chi connectivity index (χ0v) is 39.1. The van der Waals surface area contributed by atoms with Crippen molar-refractivity contribution >= 4 is 71.8 Å². The molecule has 0 unspecified atom stereocenters. The average molecular weight is 950 g/mol. The Balaban J connectivity index is 3.24. The second-order valence-corrected chi connectivity index (χ2v) is 16.9. The smallest absolute Gasteiger partial charge is 0.326 e. The van der Waals surface area contributed by atoms with Gasteiger partial charge in [-0.05, 0) is 62.5 Å². The molecule has 1 aromatic rings. The minimum atomic E-state index is -1.43. The van der Waals surface area contributed by atoms with Gasteiger partial charge in [0.15, 0.2) is 5.96 Å². The second-order valence-electron chi connectivity index (χ2n) is 16.5. The van der Waals surface area contributed by atoms with Crippen LogP contribution >= 0.6 is 12.6 Å². The Hall–Kier alpha value is -6.01. The molecule has 0 radical (unpaired) electrons. The van der Waals surface area contributed by atoms with Crippen LogP contribution in [0.15, 0.2) is 35.3 Å². The maximum absolute atomic E-state index is 13.7. The molecule has 0 aliphatic carbocycles. The van der Waals surface area contributed by atoms with E-state index in [-0.39, 0.29) is 62.7 Å². The predicted molar refractivity (Wildman–Crippen MR) is 250 cm³/mol. The van der Waals surface area contributed by atoms with Crippen molar-refractivity contribution in [2.75, 3.05) is 25.4 Å². The first kappa shape index (κ1) is 58.0. The van der Waals surface area contributed by atoms with Crippen molar-refractivity contribution in [3.05, 3.63) is 35.9 Å². The van der Waals surface area contributed by atoms with Gasteiger partial charge in [-0.15, -0.1) is 0 Å². The standard InChI is InChI=1S/C42H71N13O10S/c1-23(2)19-30(41(64)65)53-38(61)28(15-16-32(45)56)51-39(62)31(22-66)54-37(60)27(14-10-18-48-42(46)47)50-33(57)21-49-36(59)29(20-25-11-6-5-7-12-25)52-40(63)34(24(3)4)55-35(58)26(44)13-8-9-17-43/h5-7,11-12,23-24,26-31,34,66H,8-10,13-22,43-44H2,1-4H3,(H2,45,56)(H,49,59)(H,50,57)(H,51,62)(H,52,63)(H,53,61)(H,54,60)(H,55,58)(H,64,65)(H4,46,47,48)/t26-,27-,28-,29-,30-,31-,34-/m0/s1. The Bertz CT molecular complexity index is 1800. The van der Waals surface area contributed by atoms with E-state index in [0.29, 0.717) is 31.4 Å². The summed E-state index contributed by atoms with van der Waals surface area (Å²) < 4.78 is 0. The molecule has 8 amide bonds. The quantitative estimate of drug-likeness (QED) is 0.0146. The molecule has 0 aliphatic heterocycles. The van der Waals surface area contributed by atoms with Gasteiger partial charge < -0.3 is 71.0 Å². The van der Waals surface area contributed by atoms with Crippen LogP contribution in [0.25, 0.3) is 0 Å². The van der Waals surface area contributed by atoms with Crippen LogP contribution in [0.1, 0.15) is 84.6 Å². The minimum Gasteiger partial charge on any atom is -0.480 e. The number of hydrogen-bond acceptors (Lipinski definition) is 13. The van der Waals surface area contributed by atoms with E-state index in [2.05, 4.69) is 54.8 Å². The molecule has 0 heterocycles. The summed E-state index contributed by atoms with van der Waals surface area (Å²) in [6.07, 6.45) is 1.19. The van der Waals surface area contributed by atoms with Crippen LogP contribution in [0, 0.1) is 11.8 Å². The van der Waals surface area contributed by atoms with Gasteiger partial charge in [-0.25, -0.2) is 4.79 Å². The lowest BCUT2D eigenvalue weighted by Gasteiger charge is -2.26. The zero-order chi connectivity index (χ0) is 49.9. The molecule has 0 spiro atoms. The molecule has 370 valence electrons. The fourth-order valence-corrected chi connectivity index (χ4v) is 6.58. The zero-order valence-electron chi connectivity index (χ0n) is 38.2. The Morgan fingerprint density at radius 1 is 0.667 bits per heavy atom. The summed E-state index contributed by atoms with van der Waals surface area (Å²) in [5.41, 5.74) is 28.4. The number of carboxylic acid groups (broad SMARTS) is 1. The SMILES string of the molecule is CC(C)C[C@H](NC(=O)[C@H](CCC(N)=O)NC(=O)[C@H](CS)NC(=O)[C@H](CCCN=C(N)N)NC(=O)CNC(=O)[C@H](Cc1ccccc1)NC(=O)[C@@H](NC(=O)[C@@H](N)CCCCN)C(C)C)C(=O)O. The first-order chi connectivity index (χ1) is 31.1. The summed E-state index contributed by atoms with van der Waals surface area (Å²) in [5.74, 6) is -8.65. The lowest BCUT2D eigenvalue weighted by atomic mass is 10.00. The van der Waals surface area contributed by atoms with Crippen molar-refractivity contribution in [3.8, 4) is 0 Å². The normalized spacial score (nSPS) is 14.2. The van der Waals surface area contributed by atoms with Gasteiger partial charge >= 0.3 is 5.97 Å². The number of hydrogen-bond donors (Lipinski definition) is 14. The molecule has 24 heteroatoms. The Morgan fingerprint density at radius 3 is 1.79 bits per heavy atom. The molecule has 18 N–H and O–H groups in total. The summed E-state index contributed by atoms with van der Waals surface area (Å²) in [7, 11) is 0. The molecule has 0 aliphatic rings. The fraction of sp³-hybridized carbons (Fsp3) is 0.619. The third-order valence-electron chi connectivity index (χ3n) is 9.94. The number of amides is 8. The molecular weight excluding hydrogens is 879 g/mol. The topological polar surface area (TPSA) is 401 Å². The van der Waals surface area contributed by atoms with E-state index in [1.54, 1.807) is 58.0 Å². The highest BCUT2D eigenvalue weighted by Gasteiger charge is 2.33. The number of nitrogens with one attached hydrogen (secondary N) is 7. The number of carboxylic acids is 1. The van der Waals surface area contributed by atoms with Gasteiger partial charge in [-0.1, -0.05) is 64.4 Å². The molecule has 0 bridgehead atoms. The van der Waals surface area contributed by atoms with Gasteiger partial charge in [0.1, 0.15) is 36.3 Å². The molecule has 0 saturated heterocycles. The van der Waals surface area contributed by atoms with Crippen molar-refractivity contribution < 1.29 is 48.3 Å². The number of nitrogens with zero attached hydrogens (tertiary/aromatic N) is 1. The van der Waals surface area contributed by atoms with Crippen molar-refractivity contribution in [1.29, 1.82) is 0 Å². The average Bonchev–Trinajstić information content (AvgIpc) is 3.25. The molecule has 0 aromatic heterocycles. The molecule has 0 fully saturated rings. The molecular formula is C42H71N13O10S. The predicted octanol–water partition coefficient (Wildman–Crippen LogP) is -3.25. The monoisotopic (exact) mass is 950 g/mol. The van der Waals surface area contributed by atoms with Crippen LogP contribution in [0.2, 0.25) is 0 Å². The van der Waals surface area contributed by atoms with Gasteiger partial charge in [0.2, 0.25) is 47.3 Å². The van der Waals surface area contributed by atoms with E-state index in [4.69, 9.17) is 28.7 Å². The lowest BCUT2D eigenvalue weighted by Crippen LogP contribution is -2.59. The summed E-state index contributed by atoms with van der Waals surface area (Å²) >= 11 is 4.19. The van der Waals surface area contributed by atoms with E-state index in [1.807, 2.05) is 0 Å². The van der Waals surface area contributed by atoms with Gasteiger partial charge in [-0.2, -0.15) is 12.6 Å². The Morgan fingerprint density at radius 2 is 1.24 bits per heavy atom. The van der Waals surface area contributed by atoms with E-state index in [1.165, 1.54) is 0 Å². The van der Waals surface area contributed by atoms with Crippen LogP contribution in [0.3, 0.4) is 0 Å². The third kappa shape index (κ3) is 23.3. The fourth-order valence-electron chi connectivity index (χ4n) is 6.32. The van der Waals surface area contributed by atoms with Crippen molar-refractivity contribution in [1.82, 2.24) is 37.2 Å². The Kier molecular flexibility index (Phi) is 27.2. The molecule has 66 heavy (non-hydrogen) atoms. The number of primary amides is 1. The van der Waals surface area contributed by atoms with Crippen LogP contribution in [0.5, 0.6) is 0 Å². The van der Waals surface area contributed by atoms with Gasteiger partial charge in [0.05, 0.1) is 12.6 Å². The van der Waals surface area contributed by atoms with E-state index in [0.717, 1.165) is 0 Å². The first-order valence-electron chi connectivity index (χ1n) is 21.9. The van der Waals surface area contributed by atoms with Crippen LogP contribution in [-0.4, -0.2) is 132 Å². The number of benzene rings is 1. The summed E-state index contributed by atoms with van der Waals surface area (Å²) in [6.45, 7) is 6.77. The van der Waals surface area contributed by atoms with Crippen LogP contribution < -0.4 is 65.9 Å². The summed E-state index contributed by atoms with van der Waals surface area (Å²) in [5, 5.41) is 27.3. The highest BCUT2D eigenvalue weighted by Crippen LogP contribution is 2.10. The number of thiol groups is 1. The van der Waals surface area contributed by atoms with Crippen molar-refractivity contribution in [2.24, 2.45) is 45.5 Å². The maximum atomic E-state index is 13.7. The number of carbonyl (C=O) groups excluding carboxylic acids is 8. The van der Waals surface area contributed by atoms with Gasteiger partial charge in [0, 0.05) is 25.1 Å². The largest absolute Gasteiger partial charge is 0.480 e. The highest BCUT2D eigenvalue weighted by atomic mass is 32.1. The maximum Gasteiger partial charge on any atom is 0.326 e. The second kappa shape index (κ2) is 31.0. The number of guanidine groups is 1. The van der Waals surface area contributed by atoms with Gasteiger partial charge in [0.25, 0.3) is 0 Å². The number of unbranched alkanes of at least 4 members (excludes halogenated alkanes) is 1. The first-order valence-corrected chi connectivity index (χ1v) is 22.5. The molecule has 23 nitrogen and oxygen atoms in total. The summed E-state index contributed by atoms with van der Waals surface area (Å²) in [6, 6.07) is 0.0798. The number of nitrogens with two attached hydrogens (primary N) is 5. The van der Waals surface area contributed by atoms with Gasteiger partial charge in [-0.3, -0.25) is 43.3 Å². The molecule has 7 atom stereocenters. The molecule has 1 aromatic carbocycles. The van der Waals surface area contributed by atoms with E-state index < -0.39 is 108 Å². The van der Waals surface area contributed by atoms with Crippen LogP contribution in [0.4, 0.5) is 0 Å². The number of rotatable bonds is 32. The summed E-state index contributed by atoms with van der Waals surface area (Å²) in [4.78, 5) is 121.